The maximum Gasteiger partial charge on any atom is 0.320 e. The van der Waals surface area contributed by atoms with Crippen LogP contribution in [0.3, 0.4) is 0 Å². The van der Waals surface area contributed by atoms with Gasteiger partial charge in [0.05, 0.1) is 6.10 Å². The number of hydrogen-bond donors (Lipinski definition) is 1. The summed E-state index contributed by atoms with van der Waals surface area (Å²) in [6.07, 6.45) is 2.75. The largest absolute Gasteiger partial charge is 0.480 e. The molecular formula is C12H22N2O3. The van der Waals surface area contributed by atoms with E-state index in [1.54, 1.807) is 6.92 Å². The third-order valence-corrected chi connectivity index (χ3v) is 3.80. The number of ether oxygens (including phenoxy) is 1. The molecule has 0 aromatic rings. The molecule has 0 spiro atoms. The lowest BCUT2D eigenvalue weighted by Gasteiger charge is -2.37. The minimum Gasteiger partial charge on any atom is -0.480 e. The van der Waals surface area contributed by atoms with Gasteiger partial charge in [-0.15, -0.1) is 0 Å². The fourth-order valence-electron chi connectivity index (χ4n) is 2.57. The third kappa shape index (κ3) is 3.40. The fourth-order valence-corrected chi connectivity index (χ4v) is 2.57. The molecule has 2 heterocycles. The van der Waals surface area contributed by atoms with Crippen LogP contribution in [0, 0.1) is 0 Å². The van der Waals surface area contributed by atoms with Crippen LogP contribution in [0.2, 0.25) is 0 Å². The van der Waals surface area contributed by atoms with Crippen LogP contribution in [0.25, 0.3) is 0 Å². The molecule has 2 aliphatic heterocycles. The van der Waals surface area contributed by atoms with Crippen LogP contribution in [0.1, 0.15) is 19.8 Å². The van der Waals surface area contributed by atoms with Crippen LogP contribution in [0.5, 0.6) is 0 Å². The van der Waals surface area contributed by atoms with Crippen molar-refractivity contribution in [2.24, 2.45) is 0 Å². The topological polar surface area (TPSA) is 53.0 Å². The van der Waals surface area contributed by atoms with Gasteiger partial charge in [0.25, 0.3) is 0 Å². The summed E-state index contributed by atoms with van der Waals surface area (Å²) in [6, 6.07) is -0.361. The average Bonchev–Trinajstić information content (AvgIpc) is 2.82. The highest BCUT2D eigenvalue weighted by Gasteiger charge is 2.27. The van der Waals surface area contributed by atoms with Crippen LogP contribution in [0.4, 0.5) is 0 Å². The molecule has 0 aromatic carbocycles. The summed E-state index contributed by atoms with van der Waals surface area (Å²) in [5, 5.41) is 8.95. The van der Waals surface area contributed by atoms with E-state index in [9.17, 15) is 4.79 Å². The van der Waals surface area contributed by atoms with E-state index in [1.807, 2.05) is 4.90 Å². The summed E-state index contributed by atoms with van der Waals surface area (Å²) < 4.78 is 5.62. The van der Waals surface area contributed by atoms with Crippen LogP contribution >= 0.6 is 0 Å². The molecular weight excluding hydrogens is 220 g/mol. The normalized spacial score (nSPS) is 29.4. The highest BCUT2D eigenvalue weighted by molar-refractivity contribution is 5.72. The molecule has 1 N–H and O–H groups in total. The Bertz CT molecular complexity index is 258. The van der Waals surface area contributed by atoms with E-state index in [0.717, 1.165) is 39.3 Å². The molecule has 0 amide bonds. The van der Waals surface area contributed by atoms with Crippen molar-refractivity contribution in [3.63, 3.8) is 0 Å². The first-order valence-electron chi connectivity index (χ1n) is 6.47. The molecule has 98 valence electrons. The van der Waals surface area contributed by atoms with Crippen LogP contribution < -0.4 is 0 Å². The minimum absolute atomic E-state index is 0.361. The maximum atomic E-state index is 10.9. The summed E-state index contributed by atoms with van der Waals surface area (Å²) in [5.41, 5.74) is 0. The smallest absolute Gasteiger partial charge is 0.320 e. The molecule has 0 bridgehead atoms. The van der Waals surface area contributed by atoms with E-state index in [2.05, 4.69) is 4.90 Å². The quantitative estimate of drug-likeness (QED) is 0.766. The highest BCUT2D eigenvalue weighted by atomic mass is 16.5. The molecule has 2 aliphatic rings. The molecule has 5 heteroatoms. The molecule has 2 atom stereocenters. The number of carboxylic acids is 1. The van der Waals surface area contributed by atoms with E-state index in [0.29, 0.717) is 6.10 Å². The van der Waals surface area contributed by atoms with Crippen molar-refractivity contribution >= 4 is 5.97 Å². The zero-order valence-corrected chi connectivity index (χ0v) is 10.5. The first kappa shape index (κ1) is 12.8. The molecule has 0 aliphatic carbocycles. The van der Waals surface area contributed by atoms with Gasteiger partial charge < -0.3 is 9.84 Å². The molecule has 2 fully saturated rings. The van der Waals surface area contributed by atoms with Gasteiger partial charge >= 0.3 is 5.97 Å². The molecule has 0 saturated carbocycles. The molecule has 2 rings (SSSR count). The number of hydrogen-bond acceptors (Lipinski definition) is 4. The Morgan fingerprint density at radius 3 is 2.65 bits per heavy atom. The Balaban J connectivity index is 1.72. The predicted molar refractivity (Wildman–Crippen MR) is 64.1 cm³/mol. The standard InChI is InChI=1S/C12H22N2O3/c1-10(12(15)16)14-6-4-13(5-7-14)9-11-3-2-8-17-11/h10-11H,2-9H2,1H3,(H,15,16)/t10-,11+/m1/s1. The van der Waals surface area contributed by atoms with Gasteiger partial charge in [0.15, 0.2) is 0 Å². The summed E-state index contributed by atoms with van der Waals surface area (Å²) in [5.74, 6) is -0.724. The number of aliphatic carboxylic acids is 1. The van der Waals surface area contributed by atoms with Crippen molar-refractivity contribution in [1.82, 2.24) is 9.80 Å². The molecule has 5 nitrogen and oxygen atoms in total. The molecule has 0 aromatic heterocycles. The zero-order valence-electron chi connectivity index (χ0n) is 10.5. The summed E-state index contributed by atoms with van der Waals surface area (Å²) in [6.45, 7) is 7.28. The van der Waals surface area contributed by atoms with Crippen molar-refractivity contribution in [2.75, 3.05) is 39.3 Å². The zero-order chi connectivity index (χ0) is 12.3. The van der Waals surface area contributed by atoms with Gasteiger partial charge in [0, 0.05) is 39.3 Å². The first-order valence-corrected chi connectivity index (χ1v) is 6.47. The van der Waals surface area contributed by atoms with Crippen LogP contribution in [0.15, 0.2) is 0 Å². The third-order valence-electron chi connectivity index (χ3n) is 3.80. The van der Waals surface area contributed by atoms with Gasteiger partial charge in [0.1, 0.15) is 6.04 Å². The second-order valence-electron chi connectivity index (χ2n) is 4.99. The van der Waals surface area contributed by atoms with Crippen molar-refractivity contribution in [1.29, 1.82) is 0 Å². The van der Waals surface area contributed by atoms with E-state index in [1.165, 1.54) is 12.8 Å². The summed E-state index contributed by atoms with van der Waals surface area (Å²) in [4.78, 5) is 15.3. The summed E-state index contributed by atoms with van der Waals surface area (Å²) in [7, 11) is 0. The van der Waals surface area contributed by atoms with Crippen molar-refractivity contribution < 1.29 is 14.6 Å². The number of piperazine rings is 1. The Kier molecular flexibility index (Phi) is 4.36. The Labute approximate surface area is 102 Å². The van der Waals surface area contributed by atoms with Crippen LogP contribution in [-0.4, -0.2) is 72.4 Å². The van der Waals surface area contributed by atoms with Crippen LogP contribution in [-0.2, 0) is 9.53 Å². The van der Waals surface area contributed by atoms with Gasteiger partial charge in [-0.05, 0) is 19.8 Å². The molecule has 0 radical (unpaired) electrons. The molecule has 17 heavy (non-hydrogen) atoms. The lowest BCUT2D eigenvalue weighted by Crippen LogP contribution is -2.52. The highest BCUT2D eigenvalue weighted by Crippen LogP contribution is 2.15. The Morgan fingerprint density at radius 1 is 1.41 bits per heavy atom. The Morgan fingerprint density at radius 2 is 2.12 bits per heavy atom. The first-order chi connectivity index (χ1) is 8.16. The molecule has 0 unspecified atom stereocenters. The lowest BCUT2D eigenvalue weighted by molar-refractivity contribution is -0.143. The second-order valence-corrected chi connectivity index (χ2v) is 4.99. The Hall–Kier alpha value is -0.650. The number of carbonyl (C=O) groups is 1. The van der Waals surface area contributed by atoms with Gasteiger partial charge in [-0.1, -0.05) is 0 Å². The summed E-state index contributed by atoms with van der Waals surface area (Å²) >= 11 is 0. The van der Waals surface area contributed by atoms with E-state index >= 15 is 0 Å². The van der Waals surface area contributed by atoms with E-state index < -0.39 is 5.97 Å². The lowest BCUT2D eigenvalue weighted by atomic mass is 10.2. The monoisotopic (exact) mass is 242 g/mol. The predicted octanol–water partition coefficient (Wildman–Crippen LogP) is 0.256. The van der Waals surface area contributed by atoms with Gasteiger partial charge in [-0.25, -0.2) is 0 Å². The van der Waals surface area contributed by atoms with E-state index in [4.69, 9.17) is 9.84 Å². The number of nitrogens with zero attached hydrogens (tertiary/aromatic N) is 2. The fraction of sp³-hybridized carbons (Fsp3) is 0.917. The van der Waals surface area contributed by atoms with E-state index in [-0.39, 0.29) is 6.04 Å². The SMILES string of the molecule is C[C@H](C(=O)O)N1CCN(C[C@@H]2CCCO2)CC1. The maximum absolute atomic E-state index is 10.9. The molecule has 2 saturated heterocycles. The minimum atomic E-state index is -0.724. The van der Waals surface area contributed by atoms with Gasteiger partial charge in [-0.2, -0.15) is 0 Å². The number of carboxylic acid groups (broad SMARTS) is 1. The average molecular weight is 242 g/mol. The second kappa shape index (κ2) is 5.80. The van der Waals surface area contributed by atoms with Crippen molar-refractivity contribution in [3.8, 4) is 0 Å². The number of rotatable bonds is 4. The van der Waals surface area contributed by atoms with Gasteiger partial charge in [-0.3, -0.25) is 14.6 Å². The van der Waals surface area contributed by atoms with Crippen molar-refractivity contribution in [2.45, 2.75) is 31.9 Å². The van der Waals surface area contributed by atoms with Crippen molar-refractivity contribution in [3.05, 3.63) is 0 Å². The van der Waals surface area contributed by atoms with Gasteiger partial charge in [0.2, 0.25) is 0 Å².